The number of aryl methyl sites for hydroxylation is 1. The Morgan fingerprint density at radius 1 is 1.07 bits per heavy atom. The Labute approximate surface area is 161 Å². The number of aromatic nitrogens is 3. The highest BCUT2D eigenvalue weighted by Gasteiger charge is 2.13. The van der Waals surface area contributed by atoms with E-state index in [1.165, 1.54) is 0 Å². The molecule has 0 aliphatic rings. The molecule has 2 aromatic carbocycles. The van der Waals surface area contributed by atoms with Crippen molar-refractivity contribution in [3.8, 4) is 11.3 Å². The summed E-state index contributed by atoms with van der Waals surface area (Å²) in [5.74, 6) is -0.143. The zero-order valence-electron chi connectivity index (χ0n) is 15.3. The zero-order valence-corrected chi connectivity index (χ0v) is 15.3. The summed E-state index contributed by atoms with van der Waals surface area (Å²) in [5, 5.41) is 4.05. The van der Waals surface area contributed by atoms with Gasteiger partial charge in [-0.2, -0.15) is 0 Å². The molecule has 1 amide bonds. The lowest BCUT2D eigenvalue weighted by atomic mass is 10.1. The highest BCUT2D eigenvalue weighted by atomic mass is 16.1. The second-order valence-corrected chi connectivity index (χ2v) is 6.83. The molecule has 3 heterocycles. The monoisotopic (exact) mass is 366 g/mol. The summed E-state index contributed by atoms with van der Waals surface area (Å²) in [4.78, 5) is 20.7. The maximum Gasteiger partial charge on any atom is 0.255 e. The number of carbonyl (C=O) groups excluding carboxylic acids is 1. The molecular weight excluding hydrogens is 348 g/mol. The molecule has 5 aromatic rings. The van der Waals surface area contributed by atoms with Gasteiger partial charge < -0.3 is 14.7 Å². The third kappa shape index (κ3) is 2.74. The standard InChI is InChI=1S/C23H18N4O/c1-15-5-4-12-27-14-21(25-22(15)27)18-6-2-3-7-20(18)26-23(28)17-8-9-19-16(13-17)10-11-24-19/h2-14,24H,1H3,(H,26,28). The molecule has 5 heteroatoms. The Hall–Kier alpha value is -3.86. The lowest BCUT2D eigenvalue weighted by molar-refractivity contribution is 0.102. The molecule has 3 aromatic heterocycles. The number of carbonyl (C=O) groups is 1. The van der Waals surface area contributed by atoms with Crippen LogP contribution in [0.2, 0.25) is 0 Å². The molecule has 0 saturated heterocycles. The molecule has 136 valence electrons. The predicted octanol–water partition coefficient (Wildman–Crippen LogP) is 5.04. The molecule has 0 fully saturated rings. The molecule has 0 aliphatic heterocycles. The minimum Gasteiger partial charge on any atom is -0.361 e. The van der Waals surface area contributed by atoms with Gasteiger partial charge in [-0.15, -0.1) is 0 Å². The summed E-state index contributed by atoms with van der Waals surface area (Å²) < 4.78 is 2.00. The fourth-order valence-corrected chi connectivity index (χ4v) is 3.49. The number of nitrogens with one attached hydrogen (secondary N) is 2. The molecule has 0 atom stereocenters. The van der Waals surface area contributed by atoms with Gasteiger partial charge in [-0.1, -0.05) is 24.3 Å². The number of hydrogen-bond acceptors (Lipinski definition) is 2. The van der Waals surface area contributed by atoms with Gasteiger partial charge in [0.15, 0.2) is 0 Å². The summed E-state index contributed by atoms with van der Waals surface area (Å²) in [6, 6.07) is 19.4. The van der Waals surface area contributed by atoms with Crippen LogP contribution in [-0.4, -0.2) is 20.3 Å². The van der Waals surface area contributed by atoms with Crippen LogP contribution in [-0.2, 0) is 0 Å². The Balaban J connectivity index is 1.52. The lowest BCUT2D eigenvalue weighted by Gasteiger charge is -2.09. The molecule has 0 unspecified atom stereocenters. The first-order chi connectivity index (χ1) is 13.7. The van der Waals surface area contributed by atoms with E-state index < -0.39 is 0 Å². The van der Waals surface area contributed by atoms with E-state index in [4.69, 9.17) is 4.98 Å². The summed E-state index contributed by atoms with van der Waals surface area (Å²) in [6.45, 7) is 2.04. The van der Waals surface area contributed by atoms with Crippen LogP contribution >= 0.6 is 0 Å². The van der Waals surface area contributed by atoms with E-state index in [0.29, 0.717) is 5.56 Å². The number of fused-ring (bicyclic) bond motifs is 2. The Kier molecular flexibility index (Phi) is 3.72. The van der Waals surface area contributed by atoms with Crippen LogP contribution in [0.25, 0.3) is 27.8 Å². The van der Waals surface area contributed by atoms with E-state index in [9.17, 15) is 4.79 Å². The van der Waals surface area contributed by atoms with Gasteiger partial charge in [0.25, 0.3) is 5.91 Å². The molecule has 5 rings (SSSR count). The highest BCUT2D eigenvalue weighted by molar-refractivity contribution is 6.07. The topological polar surface area (TPSA) is 62.2 Å². The number of imidazole rings is 1. The van der Waals surface area contributed by atoms with Gasteiger partial charge in [0.05, 0.1) is 11.4 Å². The minimum atomic E-state index is -0.143. The fraction of sp³-hybridized carbons (Fsp3) is 0.0435. The van der Waals surface area contributed by atoms with Gasteiger partial charge in [-0.05, 0) is 48.9 Å². The molecule has 0 radical (unpaired) electrons. The first kappa shape index (κ1) is 16.3. The SMILES string of the molecule is Cc1cccn2cc(-c3ccccc3NC(=O)c3ccc4[nH]ccc4c3)nc12. The van der Waals surface area contributed by atoms with Crippen molar-refractivity contribution < 1.29 is 4.79 Å². The van der Waals surface area contributed by atoms with Gasteiger partial charge in [0.1, 0.15) is 5.65 Å². The van der Waals surface area contributed by atoms with Crippen LogP contribution in [0.15, 0.2) is 79.3 Å². The average molecular weight is 366 g/mol. The summed E-state index contributed by atoms with van der Waals surface area (Å²) in [5.41, 5.74) is 6.10. The molecule has 0 bridgehead atoms. The lowest BCUT2D eigenvalue weighted by Crippen LogP contribution is -2.12. The van der Waals surface area contributed by atoms with Crippen molar-refractivity contribution >= 4 is 28.1 Å². The number of para-hydroxylation sites is 1. The second-order valence-electron chi connectivity index (χ2n) is 6.83. The number of pyridine rings is 1. The number of anilines is 1. The molecule has 2 N–H and O–H groups in total. The maximum atomic E-state index is 12.8. The number of rotatable bonds is 3. The van der Waals surface area contributed by atoms with E-state index in [2.05, 4.69) is 10.3 Å². The summed E-state index contributed by atoms with van der Waals surface area (Å²) in [6.07, 6.45) is 5.83. The van der Waals surface area contributed by atoms with Crippen molar-refractivity contribution in [2.24, 2.45) is 0 Å². The van der Waals surface area contributed by atoms with Crippen molar-refractivity contribution in [1.29, 1.82) is 0 Å². The predicted molar refractivity (Wildman–Crippen MR) is 112 cm³/mol. The van der Waals surface area contributed by atoms with Gasteiger partial charge in [-0.25, -0.2) is 4.98 Å². The van der Waals surface area contributed by atoms with E-state index >= 15 is 0 Å². The van der Waals surface area contributed by atoms with E-state index in [0.717, 1.165) is 39.1 Å². The number of nitrogens with zero attached hydrogens (tertiary/aromatic N) is 2. The van der Waals surface area contributed by atoms with Crippen LogP contribution in [0, 0.1) is 6.92 Å². The number of aromatic amines is 1. The van der Waals surface area contributed by atoms with Crippen molar-refractivity contribution in [2.75, 3.05) is 5.32 Å². The normalized spacial score (nSPS) is 11.2. The van der Waals surface area contributed by atoms with Crippen LogP contribution in [0.1, 0.15) is 15.9 Å². The molecular formula is C23H18N4O. The van der Waals surface area contributed by atoms with Gasteiger partial charge >= 0.3 is 0 Å². The van der Waals surface area contributed by atoms with Crippen molar-refractivity contribution in [3.05, 3.63) is 90.4 Å². The molecule has 28 heavy (non-hydrogen) atoms. The average Bonchev–Trinajstić information content (AvgIpc) is 3.35. The van der Waals surface area contributed by atoms with Crippen molar-refractivity contribution in [2.45, 2.75) is 6.92 Å². The fourth-order valence-electron chi connectivity index (χ4n) is 3.49. The number of hydrogen-bond donors (Lipinski definition) is 2. The Morgan fingerprint density at radius 3 is 2.86 bits per heavy atom. The first-order valence-corrected chi connectivity index (χ1v) is 9.11. The molecule has 0 saturated carbocycles. The summed E-state index contributed by atoms with van der Waals surface area (Å²) >= 11 is 0. The zero-order chi connectivity index (χ0) is 19.1. The van der Waals surface area contributed by atoms with Gasteiger partial charge in [0.2, 0.25) is 0 Å². The first-order valence-electron chi connectivity index (χ1n) is 9.11. The van der Waals surface area contributed by atoms with Gasteiger partial charge in [-0.3, -0.25) is 4.79 Å². The van der Waals surface area contributed by atoms with Crippen LogP contribution in [0.4, 0.5) is 5.69 Å². The number of H-pyrrole nitrogens is 1. The third-order valence-corrected chi connectivity index (χ3v) is 4.94. The number of amides is 1. The van der Waals surface area contributed by atoms with E-state index in [1.807, 2.05) is 90.6 Å². The van der Waals surface area contributed by atoms with Crippen molar-refractivity contribution in [3.63, 3.8) is 0 Å². The number of benzene rings is 2. The van der Waals surface area contributed by atoms with Gasteiger partial charge in [0, 0.05) is 40.6 Å². The van der Waals surface area contributed by atoms with Crippen molar-refractivity contribution in [1.82, 2.24) is 14.4 Å². The minimum absolute atomic E-state index is 0.143. The molecule has 0 spiro atoms. The summed E-state index contributed by atoms with van der Waals surface area (Å²) in [7, 11) is 0. The second kappa shape index (κ2) is 6.39. The van der Waals surface area contributed by atoms with Crippen LogP contribution < -0.4 is 5.32 Å². The highest BCUT2D eigenvalue weighted by Crippen LogP contribution is 2.28. The van der Waals surface area contributed by atoms with E-state index in [-0.39, 0.29) is 5.91 Å². The largest absolute Gasteiger partial charge is 0.361 e. The molecule has 5 nitrogen and oxygen atoms in total. The Morgan fingerprint density at radius 2 is 1.96 bits per heavy atom. The third-order valence-electron chi connectivity index (χ3n) is 4.94. The van der Waals surface area contributed by atoms with Crippen LogP contribution in [0.3, 0.4) is 0 Å². The Bertz CT molecular complexity index is 1330. The maximum absolute atomic E-state index is 12.8. The molecule has 0 aliphatic carbocycles. The van der Waals surface area contributed by atoms with E-state index in [1.54, 1.807) is 0 Å². The van der Waals surface area contributed by atoms with Crippen LogP contribution in [0.5, 0.6) is 0 Å². The quantitative estimate of drug-likeness (QED) is 0.470. The smallest absolute Gasteiger partial charge is 0.255 e.